The number of aryl methyl sites for hydroxylation is 1. The van der Waals surface area contributed by atoms with Gasteiger partial charge in [-0.1, -0.05) is 12.1 Å². The first kappa shape index (κ1) is 12.2. The van der Waals surface area contributed by atoms with Crippen molar-refractivity contribution in [2.45, 2.75) is 12.8 Å². The standard InChI is InChI=1S/C14H14N2O2/c1-18-12-6-3-11(4-7-12)5-8-13(17)14-15-9-2-10-16-14/h2-4,6-7,9-10H,5,8H2,1H3. The Labute approximate surface area is 106 Å². The van der Waals surface area contributed by atoms with Crippen LogP contribution in [-0.4, -0.2) is 22.9 Å². The molecule has 0 aliphatic carbocycles. The van der Waals surface area contributed by atoms with Gasteiger partial charge in [0.05, 0.1) is 7.11 Å². The van der Waals surface area contributed by atoms with E-state index < -0.39 is 0 Å². The largest absolute Gasteiger partial charge is 0.497 e. The minimum absolute atomic E-state index is 0.0357. The fraction of sp³-hybridized carbons (Fsp3) is 0.214. The Morgan fingerprint density at radius 2 is 1.83 bits per heavy atom. The Bertz CT molecular complexity index is 509. The number of ketones is 1. The third kappa shape index (κ3) is 3.13. The number of carbonyl (C=O) groups is 1. The molecule has 0 saturated heterocycles. The Morgan fingerprint density at radius 1 is 1.17 bits per heavy atom. The smallest absolute Gasteiger partial charge is 0.200 e. The van der Waals surface area contributed by atoms with Gasteiger partial charge in [0.1, 0.15) is 5.75 Å². The summed E-state index contributed by atoms with van der Waals surface area (Å²) in [6.45, 7) is 0. The van der Waals surface area contributed by atoms with E-state index in [4.69, 9.17) is 4.74 Å². The molecule has 0 atom stereocenters. The molecule has 0 N–H and O–H groups in total. The molecule has 4 heteroatoms. The number of carbonyl (C=O) groups excluding carboxylic acids is 1. The van der Waals surface area contributed by atoms with Crippen LogP contribution < -0.4 is 4.74 Å². The Balaban J connectivity index is 1.93. The summed E-state index contributed by atoms with van der Waals surface area (Å²) in [5.74, 6) is 1.06. The lowest BCUT2D eigenvalue weighted by Gasteiger charge is -2.02. The monoisotopic (exact) mass is 242 g/mol. The summed E-state index contributed by atoms with van der Waals surface area (Å²) in [6, 6.07) is 9.38. The first-order chi connectivity index (χ1) is 8.79. The molecule has 18 heavy (non-hydrogen) atoms. The van der Waals surface area contributed by atoms with E-state index in [-0.39, 0.29) is 11.6 Å². The average Bonchev–Trinajstić information content (AvgIpc) is 2.46. The summed E-state index contributed by atoms with van der Waals surface area (Å²) >= 11 is 0. The first-order valence-corrected chi connectivity index (χ1v) is 5.73. The zero-order valence-electron chi connectivity index (χ0n) is 10.2. The van der Waals surface area contributed by atoms with Crippen molar-refractivity contribution in [2.24, 2.45) is 0 Å². The third-order valence-corrected chi connectivity index (χ3v) is 2.61. The number of Topliss-reactive ketones (excluding diaryl/α,β-unsaturated/α-hetero) is 1. The van der Waals surface area contributed by atoms with Gasteiger partial charge in [-0.05, 0) is 30.2 Å². The number of ether oxygens (including phenoxy) is 1. The number of hydrogen-bond donors (Lipinski definition) is 0. The number of nitrogens with zero attached hydrogens (tertiary/aromatic N) is 2. The number of rotatable bonds is 5. The lowest BCUT2D eigenvalue weighted by atomic mass is 10.1. The zero-order valence-corrected chi connectivity index (χ0v) is 10.2. The molecule has 0 unspecified atom stereocenters. The zero-order chi connectivity index (χ0) is 12.8. The molecular formula is C14H14N2O2. The molecule has 0 radical (unpaired) electrons. The van der Waals surface area contributed by atoms with Gasteiger partial charge in [0.2, 0.25) is 0 Å². The van der Waals surface area contributed by atoms with Crippen molar-refractivity contribution in [3.05, 3.63) is 54.1 Å². The molecular weight excluding hydrogens is 228 g/mol. The molecule has 0 amide bonds. The van der Waals surface area contributed by atoms with Crippen LogP contribution in [0.5, 0.6) is 5.75 Å². The van der Waals surface area contributed by atoms with Crippen LogP contribution in [0.1, 0.15) is 22.6 Å². The molecule has 0 spiro atoms. The molecule has 2 aromatic rings. The van der Waals surface area contributed by atoms with Crippen molar-refractivity contribution >= 4 is 5.78 Å². The first-order valence-electron chi connectivity index (χ1n) is 5.73. The molecule has 0 aliphatic rings. The lowest BCUT2D eigenvalue weighted by molar-refractivity contribution is 0.0972. The number of methoxy groups -OCH3 is 1. The van der Waals surface area contributed by atoms with Crippen molar-refractivity contribution in [2.75, 3.05) is 7.11 Å². The van der Waals surface area contributed by atoms with Crippen molar-refractivity contribution in [3.8, 4) is 5.75 Å². The summed E-state index contributed by atoms with van der Waals surface area (Å²) in [5, 5.41) is 0. The van der Waals surface area contributed by atoms with E-state index in [0.717, 1.165) is 11.3 Å². The van der Waals surface area contributed by atoms with Gasteiger partial charge in [-0.2, -0.15) is 0 Å². The third-order valence-electron chi connectivity index (χ3n) is 2.61. The number of hydrogen-bond acceptors (Lipinski definition) is 4. The van der Waals surface area contributed by atoms with Gasteiger partial charge in [0.15, 0.2) is 11.6 Å². The minimum atomic E-state index is -0.0357. The maximum absolute atomic E-state index is 11.8. The van der Waals surface area contributed by atoms with E-state index in [2.05, 4.69) is 9.97 Å². The summed E-state index contributed by atoms with van der Waals surface area (Å²) in [5.41, 5.74) is 1.10. The Kier molecular flexibility index (Phi) is 4.02. The van der Waals surface area contributed by atoms with Crippen molar-refractivity contribution in [1.29, 1.82) is 0 Å². The van der Waals surface area contributed by atoms with E-state index in [0.29, 0.717) is 12.8 Å². The summed E-state index contributed by atoms with van der Waals surface area (Å²) < 4.78 is 5.08. The summed E-state index contributed by atoms with van der Waals surface area (Å²) in [4.78, 5) is 19.7. The topological polar surface area (TPSA) is 52.1 Å². The van der Waals surface area contributed by atoms with Crippen molar-refractivity contribution < 1.29 is 9.53 Å². The van der Waals surface area contributed by atoms with Crippen LogP contribution in [0.4, 0.5) is 0 Å². The summed E-state index contributed by atoms with van der Waals surface area (Å²) in [7, 11) is 1.63. The van der Waals surface area contributed by atoms with E-state index in [1.807, 2.05) is 24.3 Å². The molecule has 4 nitrogen and oxygen atoms in total. The highest BCUT2D eigenvalue weighted by atomic mass is 16.5. The highest BCUT2D eigenvalue weighted by molar-refractivity contribution is 5.92. The van der Waals surface area contributed by atoms with Crippen LogP contribution >= 0.6 is 0 Å². The average molecular weight is 242 g/mol. The van der Waals surface area contributed by atoms with Crippen LogP contribution in [-0.2, 0) is 6.42 Å². The Morgan fingerprint density at radius 3 is 2.44 bits per heavy atom. The van der Waals surface area contributed by atoms with Gasteiger partial charge in [0.25, 0.3) is 0 Å². The van der Waals surface area contributed by atoms with Crippen LogP contribution in [0.3, 0.4) is 0 Å². The molecule has 0 aliphatic heterocycles. The van der Waals surface area contributed by atoms with Crippen LogP contribution in [0.2, 0.25) is 0 Å². The second kappa shape index (κ2) is 5.91. The fourth-order valence-corrected chi connectivity index (χ4v) is 1.60. The SMILES string of the molecule is COc1ccc(CCC(=O)c2ncccn2)cc1. The van der Waals surface area contributed by atoms with Crippen LogP contribution in [0.15, 0.2) is 42.7 Å². The van der Waals surface area contributed by atoms with Gasteiger partial charge in [-0.15, -0.1) is 0 Å². The van der Waals surface area contributed by atoms with Crippen LogP contribution in [0, 0.1) is 0 Å². The molecule has 1 heterocycles. The molecule has 92 valence electrons. The van der Waals surface area contributed by atoms with Gasteiger partial charge < -0.3 is 4.74 Å². The van der Waals surface area contributed by atoms with Gasteiger partial charge >= 0.3 is 0 Å². The van der Waals surface area contributed by atoms with E-state index in [1.54, 1.807) is 25.6 Å². The molecule has 1 aromatic carbocycles. The normalized spacial score (nSPS) is 10.1. The highest BCUT2D eigenvalue weighted by Gasteiger charge is 2.08. The number of aromatic nitrogens is 2. The Hall–Kier alpha value is -2.23. The maximum Gasteiger partial charge on any atom is 0.200 e. The summed E-state index contributed by atoms with van der Waals surface area (Å²) in [6.07, 6.45) is 4.25. The van der Waals surface area contributed by atoms with Gasteiger partial charge in [-0.25, -0.2) is 9.97 Å². The van der Waals surface area contributed by atoms with Crippen molar-refractivity contribution in [1.82, 2.24) is 9.97 Å². The quantitative estimate of drug-likeness (QED) is 0.755. The molecule has 2 rings (SSSR count). The fourth-order valence-electron chi connectivity index (χ4n) is 1.60. The number of benzene rings is 1. The van der Waals surface area contributed by atoms with Gasteiger partial charge in [0, 0.05) is 18.8 Å². The molecule has 0 bridgehead atoms. The maximum atomic E-state index is 11.8. The van der Waals surface area contributed by atoms with E-state index >= 15 is 0 Å². The predicted molar refractivity (Wildman–Crippen MR) is 67.7 cm³/mol. The highest BCUT2D eigenvalue weighted by Crippen LogP contribution is 2.13. The van der Waals surface area contributed by atoms with Crippen molar-refractivity contribution in [3.63, 3.8) is 0 Å². The van der Waals surface area contributed by atoms with E-state index in [9.17, 15) is 4.79 Å². The predicted octanol–water partition coefficient (Wildman–Crippen LogP) is 2.30. The van der Waals surface area contributed by atoms with E-state index in [1.165, 1.54) is 0 Å². The second-order valence-corrected chi connectivity index (χ2v) is 3.84. The second-order valence-electron chi connectivity index (χ2n) is 3.84. The minimum Gasteiger partial charge on any atom is -0.497 e. The molecule has 0 saturated carbocycles. The molecule has 0 fully saturated rings. The lowest BCUT2D eigenvalue weighted by Crippen LogP contribution is -2.05. The van der Waals surface area contributed by atoms with Crippen LogP contribution in [0.25, 0.3) is 0 Å². The van der Waals surface area contributed by atoms with Gasteiger partial charge in [-0.3, -0.25) is 4.79 Å². The molecule has 1 aromatic heterocycles.